The Morgan fingerprint density at radius 1 is 1.37 bits per heavy atom. The van der Waals surface area contributed by atoms with E-state index in [0.29, 0.717) is 0 Å². The van der Waals surface area contributed by atoms with Gasteiger partial charge in [0.15, 0.2) is 0 Å². The van der Waals surface area contributed by atoms with Crippen molar-refractivity contribution in [2.75, 3.05) is 4.90 Å². The highest BCUT2D eigenvalue weighted by Crippen LogP contribution is 2.63. The van der Waals surface area contributed by atoms with Crippen LogP contribution in [0, 0.1) is 29.1 Å². The van der Waals surface area contributed by atoms with Crippen LogP contribution in [0.1, 0.15) is 31.4 Å². The number of imide groups is 1. The van der Waals surface area contributed by atoms with Crippen molar-refractivity contribution >= 4 is 23.5 Å². The van der Waals surface area contributed by atoms with Crippen molar-refractivity contribution < 1.29 is 28.6 Å². The van der Waals surface area contributed by atoms with E-state index in [2.05, 4.69) is 0 Å². The van der Waals surface area contributed by atoms with Gasteiger partial charge in [-0.1, -0.05) is 0 Å². The monoisotopic (exact) mass is 372 g/mol. The number of nitrogens with zero attached hydrogens (tertiary/aromatic N) is 2. The van der Waals surface area contributed by atoms with Crippen LogP contribution in [0.5, 0.6) is 0 Å². The molecule has 2 amide bonds. The molecule has 0 radical (unpaired) electrons. The highest BCUT2D eigenvalue weighted by atomic mass is 19.1. The molecule has 1 aromatic carbocycles. The van der Waals surface area contributed by atoms with Gasteiger partial charge in [-0.3, -0.25) is 14.4 Å². The van der Waals surface area contributed by atoms with Crippen molar-refractivity contribution in [1.29, 1.82) is 5.26 Å². The maximum atomic E-state index is 13.2. The first kappa shape index (κ1) is 17.6. The van der Waals surface area contributed by atoms with Crippen LogP contribution in [0.3, 0.4) is 0 Å². The Labute approximate surface area is 154 Å². The SMILES string of the molecule is CC12C[C@H](C(=O)O)C(C)(O1)[C@H]1C(=O)N(c3ccc(C#N)c(CF)c3)C(=O)[C@H]12. The lowest BCUT2D eigenvalue weighted by Gasteiger charge is -2.32. The molecule has 3 aliphatic rings. The summed E-state index contributed by atoms with van der Waals surface area (Å²) in [7, 11) is 0. The molecule has 0 spiro atoms. The third-order valence-electron chi connectivity index (χ3n) is 6.25. The van der Waals surface area contributed by atoms with Crippen molar-refractivity contribution in [3.63, 3.8) is 0 Å². The Morgan fingerprint density at radius 2 is 2.04 bits per heavy atom. The molecule has 140 valence electrons. The Morgan fingerprint density at radius 3 is 2.63 bits per heavy atom. The van der Waals surface area contributed by atoms with Crippen LogP contribution in [0.15, 0.2) is 18.2 Å². The number of alkyl halides is 1. The second kappa shape index (κ2) is 5.36. The molecule has 3 aliphatic heterocycles. The van der Waals surface area contributed by atoms with Gasteiger partial charge in [-0.05, 0) is 38.5 Å². The summed E-state index contributed by atoms with van der Waals surface area (Å²) < 4.78 is 19.2. The molecule has 2 bridgehead atoms. The van der Waals surface area contributed by atoms with Crippen molar-refractivity contribution in [3.05, 3.63) is 29.3 Å². The smallest absolute Gasteiger partial charge is 0.309 e. The van der Waals surface area contributed by atoms with E-state index in [0.717, 1.165) is 4.90 Å². The van der Waals surface area contributed by atoms with E-state index in [-0.39, 0.29) is 23.2 Å². The fourth-order valence-electron chi connectivity index (χ4n) is 5.08. The number of carboxylic acid groups (broad SMARTS) is 1. The van der Waals surface area contributed by atoms with Gasteiger partial charge in [0.05, 0.1) is 46.3 Å². The number of rotatable bonds is 3. The molecule has 7 nitrogen and oxygen atoms in total. The highest BCUT2D eigenvalue weighted by molar-refractivity contribution is 6.23. The minimum absolute atomic E-state index is 0.0905. The zero-order valence-corrected chi connectivity index (χ0v) is 14.7. The van der Waals surface area contributed by atoms with Crippen molar-refractivity contribution in [1.82, 2.24) is 0 Å². The van der Waals surface area contributed by atoms with Gasteiger partial charge in [0.1, 0.15) is 6.67 Å². The van der Waals surface area contributed by atoms with Crippen LogP contribution in [-0.4, -0.2) is 34.1 Å². The molecule has 0 aromatic heterocycles. The van der Waals surface area contributed by atoms with Gasteiger partial charge in [-0.15, -0.1) is 0 Å². The van der Waals surface area contributed by atoms with Gasteiger partial charge in [0.25, 0.3) is 0 Å². The molecule has 5 atom stereocenters. The number of hydrogen-bond acceptors (Lipinski definition) is 5. The van der Waals surface area contributed by atoms with Crippen LogP contribution in [-0.2, 0) is 25.8 Å². The minimum atomic E-state index is -1.28. The predicted molar refractivity (Wildman–Crippen MR) is 89.1 cm³/mol. The summed E-state index contributed by atoms with van der Waals surface area (Å²) >= 11 is 0. The molecular formula is C19H17FN2O5. The van der Waals surface area contributed by atoms with Gasteiger partial charge >= 0.3 is 5.97 Å². The Bertz CT molecular complexity index is 941. The number of anilines is 1. The van der Waals surface area contributed by atoms with Crippen molar-refractivity contribution in [3.8, 4) is 6.07 Å². The molecule has 4 rings (SSSR count). The molecule has 27 heavy (non-hydrogen) atoms. The largest absolute Gasteiger partial charge is 0.481 e. The Kier molecular flexibility index (Phi) is 3.50. The summed E-state index contributed by atoms with van der Waals surface area (Å²) in [6.07, 6.45) is 0.149. The van der Waals surface area contributed by atoms with E-state index in [9.17, 15) is 23.9 Å². The number of benzene rings is 1. The Hall–Kier alpha value is -2.79. The molecule has 8 heteroatoms. The third kappa shape index (κ3) is 2.06. The molecule has 1 N–H and O–H groups in total. The first-order valence-corrected chi connectivity index (χ1v) is 8.57. The molecule has 2 unspecified atom stereocenters. The number of carbonyl (C=O) groups excluding carboxylic acids is 2. The maximum Gasteiger partial charge on any atom is 0.309 e. The summed E-state index contributed by atoms with van der Waals surface area (Å²) in [5, 5.41) is 18.6. The predicted octanol–water partition coefficient (Wildman–Crippen LogP) is 1.79. The van der Waals surface area contributed by atoms with Crippen molar-refractivity contribution in [2.24, 2.45) is 17.8 Å². The number of amides is 2. The van der Waals surface area contributed by atoms with Crippen LogP contribution in [0.25, 0.3) is 0 Å². The van der Waals surface area contributed by atoms with Gasteiger partial charge in [-0.25, -0.2) is 9.29 Å². The quantitative estimate of drug-likeness (QED) is 0.811. The summed E-state index contributed by atoms with van der Waals surface area (Å²) in [4.78, 5) is 38.9. The molecule has 3 saturated heterocycles. The van der Waals surface area contributed by atoms with E-state index in [1.165, 1.54) is 18.2 Å². The van der Waals surface area contributed by atoms with E-state index in [4.69, 9.17) is 10.00 Å². The van der Waals surface area contributed by atoms with Gasteiger partial charge < -0.3 is 9.84 Å². The first-order chi connectivity index (χ1) is 12.7. The van der Waals surface area contributed by atoms with E-state index in [1.807, 2.05) is 6.07 Å². The average Bonchev–Trinajstić information content (AvgIpc) is 3.15. The summed E-state index contributed by atoms with van der Waals surface area (Å²) in [5.41, 5.74) is -1.91. The number of fused-ring (bicyclic) bond motifs is 5. The summed E-state index contributed by atoms with van der Waals surface area (Å²) in [6, 6.07) is 5.98. The number of carboxylic acids is 1. The lowest BCUT2D eigenvalue weighted by molar-refractivity contribution is -0.150. The van der Waals surface area contributed by atoms with Crippen LogP contribution < -0.4 is 4.90 Å². The van der Waals surface area contributed by atoms with Crippen LogP contribution in [0.2, 0.25) is 0 Å². The minimum Gasteiger partial charge on any atom is -0.481 e. The fourth-order valence-corrected chi connectivity index (χ4v) is 5.08. The van der Waals surface area contributed by atoms with Crippen LogP contribution in [0.4, 0.5) is 10.1 Å². The molecule has 0 saturated carbocycles. The molecule has 3 fully saturated rings. The van der Waals surface area contributed by atoms with Crippen LogP contribution >= 0.6 is 0 Å². The summed E-state index contributed by atoms with van der Waals surface area (Å²) in [5.74, 6) is -4.66. The molecule has 0 aliphatic carbocycles. The topological polar surface area (TPSA) is 108 Å². The number of carbonyl (C=O) groups is 3. The van der Waals surface area contributed by atoms with Gasteiger partial charge in [0, 0.05) is 5.56 Å². The van der Waals surface area contributed by atoms with E-state index in [1.54, 1.807) is 13.8 Å². The zero-order valence-electron chi connectivity index (χ0n) is 14.7. The first-order valence-electron chi connectivity index (χ1n) is 8.57. The second-order valence-electron chi connectivity index (χ2n) is 7.75. The molecule has 3 heterocycles. The van der Waals surface area contributed by atoms with E-state index >= 15 is 0 Å². The van der Waals surface area contributed by atoms with Gasteiger partial charge in [-0.2, -0.15) is 5.26 Å². The normalized spacial score (nSPS) is 36.8. The third-order valence-corrected chi connectivity index (χ3v) is 6.25. The summed E-state index contributed by atoms with van der Waals surface area (Å²) in [6.45, 7) is 2.33. The van der Waals surface area contributed by atoms with Gasteiger partial charge in [0.2, 0.25) is 11.8 Å². The fraction of sp³-hybridized carbons (Fsp3) is 0.474. The standard InChI is InChI=1S/C19H17FN2O5/c1-18-6-12(17(25)26)19(2,27-18)14-13(18)15(23)22(16(14)24)11-4-3-9(8-21)10(5-11)7-20/h3-5,12-14H,6-7H2,1-2H3,(H,25,26)/t12-,13+,14-,18?,19?/m1/s1. The van der Waals surface area contributed by atoms with E-state index < -0.39 is 53.4 Å². The number of nitriles is 1. The average molecular weight is 372 g/mol. The number of halogens is 1. The molecular weight excluding hydrogens is 355 g/mol. The van der Waals surface area contributed by atoms with Crippen molar-refractivity contribution in [2.45, 2.75) is 38.1 Å². The number of hydrogen-bond donors (Lipinski definition) is 1. The zero-order chi connectivity index (χ0) is 19.7. The number of ether oxygens (including phenoxy) is 1. The highest BCUT2D eigenvalue weighted by Gasteiger charge is 2.77. The lowest BCUT2D eigenvalue weighted by Crippen LogP contribution is -2.48. The molecule has 1 aromatic rings. The Balaban J connectivity index is 1.79. The maximum absolute atomic E-state index is 13.2. The lowest BCUT2D eigenvalue weighted by atomic mass is 9.64. The number of aliphatic carboxylic acids is 1. The second-order valence-corrected chi connectivity index (χ2v) is 7.75.